The topological polar surface area (TPSA) is 62.0 Å². The fourth-order valence-electron chi connectivity index (χ4n) is 3.80. The van der Waals surface area contributed by atoms with Gasteiger partial charge >= 0.3 is 0 Å². The lowest BCUT2D eigenvalue weighted by Gasteiger charge is -2.36. The Morgan fingerprint density at radius 1 is 1.07 bits per heavy atom. The molecule has 8 heteroatoms. The highest BCUT2D eigenvalue weighted by molar-refractivity contribution is 7.89. The van der Waals surface area contributed by atoms with Crippen molar-refractivity contribution in [3.8, 4) is 11.3 Å². The summed E-state index contributed by atoms with van der Waals surface area (Å²) in [6.45, 7) is 1.57. The van der Waals surface area contributed by atoms with Gasteiger partial charge in [0.15, 0.2) is 0 Å². The van der Waals surface area contributed by atoms with E-state index < -0.39 is 27.5 Å². The van der Waals surface area contributed by atoms with Crippen molar-refractivity contribution in [2.75, 3.05) is 5.75 Å². The fraction of sp³-hybridized carbons (Fsp3) is 0.300. The maximum Gasteiger partial charge on any atom is 0.211 e. The molecule has 3 aromatic rings. The number of rotatable bonds is 5. The molecule has 0 saturated heterocycles. The average molecular weight is 408 g/mol. The summed E-state index contributed by atoms with van der Waals surface area (Å²) in [7, 11) is -3.31. The second kappa shape index (κ2) is 6.93. The molecule has 4 nitrogen and oxygen atoms in total. The summed E-state index contributed by atoms with van der Waals surface area (Å²) in [5, 5.41) is 0.429. The van der Waals surface area contributed by atoms with Gasteiger partial charge in [-0.15, -0.1) is 0 Å². The molecule has 1 aliphatic rings. The predicted molar refractivity (Wildman–Crippen MR) is 102 cm³/mol. The standard InChI is InChI=1S/C20H19F3N2O2S/c1-2-28(26,27)25-15-7-12(8-15)18-16-9-14(22)10-17(23)20(16)24-19(18)11-3-5-13(21)6-4-11/h3-6,9-10,12,15,24-25H,2,7-8H2,1H3. The van der Waals surface area contributed by atoms with E-state index in [9.17, 15) is 21.6 Å². The first-order chi connectivity index (χ1) is 13.3. The third-order valence-corrected chi connectivity index (χ3v) is 6.72. The molecule has 0 bridgehead atoms. The van der Waals surface area contributed by atoms with Crippen LogP contribution in [0.5, 0.6) is 0 Å². The van der Waals surface area contributed by atoms with E-state index in [1.54, 1.807) is 19.1 Å². The van der Waals surface area contributed by atoms with Crippen molar-refractivity contribution < 1.29 is 21.6 Å². The summed E-state index contributed by atoms with van der Waals surface area (Å²) in [6, 6.07) is 7.65. The third-order valence-electron chi connectivity index (χ3n) is 5.27. The molecule has 28 heavy (non-hydrogen) atoms. The van der Waals surface area contributed by atoms with Crippen LogP contribution in [0.25, 0.3) is 22.2 Å². The van der Waals surface area contributed by atoms with Crippen LogP contribution in [0.15, 0.2) is 36.4 Å². The first-order valence-electron chi connectivity index (χ1n) is 9.04. The average Bonchev–Trinajstić information content (AvgIpc) is 2.98. The van der Waals surface area contributed by atoms with Crippen LogP contribution in [0.1, 0.15) is 31.2 Å². The van der Waals surface area contributed by atoms with Crippen molar-refractivity contribution in [2.24, 2.45) is 0 Å². The molecule has 148 valence electrons. The van der Waals surface area contributed by atoms with Crippen LogP contribution < -0.4 is 4.72 Å². The maximum absolute atomic E-state index is 14.3. The van der Waals surface area contributed by atoms with Gasteiger partial charge in [-0.1, -0.05) is 0 Å². The van der Waals surface area contributed by atoms with Crippen molar-refractivity contribution >= 4 is 20.9 Å². The second-order valence-electron chi connectivity index (χ2n) is 7.12. The molecule has 0 spiro atoms. The Bertz CT molecular complexity index is 1130. The van der Waals surface area contributed by atoms with Gasteiger partial charge in [-0.2, -0.15) is 0 Å². The smallest absolute Gasteiger partial charge is 0.211 e. The number of nitrogens with one attached hydrogen (secondary N) is 2. The number of hydrogen-bond acceptors (Lipinski definition) is 2. The van der Waals surface area contributed by atoms with Gasteiger partial charge in [-0.05, 0) is 67.1 Å². The summed E-state index contributed by atoms with van der Waals surface area (Å²) in [6.07, 6.45) is 1.05. The van der Waals surface area contributed by atoms with Crippen LogP contribution in [0.3, 0.4) is 0 Å². The quantitative estimate of drug-likeness (QED) is 0.656. The summed E-state index contributed by atoms with van der Waals surface area (Å²) >= 11 is 0. The van der Waals surface area contributed by atoms with Gasteiger partial charge in [0.05, 0.1) is 17.0 Å². The first-order valence-corrected chi connectivity index (χ1v) is 10.7. The highest BCUT2D eigenvalue weighted by Gasteiger charge is 2.36. The molecule has 2 aromatic carbocycles. The molecule has 0 amide bonds. The van der Waals surface area contributed by atoms with E-state index >= 15 is 0 Å². The fourth-order valence-corrected chi connectivity index (χ4v) is 4.66. The molecular weight excluding hydrogens is 389 g/mol. The third kappa shape index (κ3) is 3.42. The zero-order valence-electron chi connectivity index (χ0n) is 15.1. The molecule has 1 aliphatic carbocycles. The van der Waals surface area contributed by atoms with Crippen molar-refractivity contribution in [3.05, 3.63) is 59.4 Å². The van der Waals surface area contributed by atoms with Gasteiger partial charge in [0.25, 0.3) is 0 Å². The van der Waals surface area contributed by atoms with Gasteiger partial charge < -0.3 is 4.98 Å². The van der Waals surface area contributed by atoms with E-state index in [1.165, 1.54) is 18.2 Å². The van der Waals surface area contributed by atoms with Gasteiger partial charge in [0, 0.05) is 17.5 Å². The van der Waals surface area contributed by atoms with E-state index in [2.05, 4.69) is 9.71 Å². The number of fused-ring (bicyclic) bond motifs is 1. The summed E-state index contributed by atoms with van der Waals surface area (Å²) in [5.41, 5.74) is 2.17. The maximum atomic E-state index is 14.3. The van der Waals surface area contributed by atoms with Crippen LogP contribution in [0.2, 0.25) is 0 Å². The lowest BCUT2D eigenvalue weighted by Crippen LogP contribution is -2.43. The number of hydrogen-bond donors (Lipinski definition) is 2. The largest absolute Gasteiger partial charge is 0.352 e. The molecule has 1 aromatic heterocycles. The number of benzene rings is 2. The number of H-pyrrole nitrogens is 1. The summed E-state index contributed by atoms with van der Waals surface area (Å²) in [5.74, 6) is -1.85. The van der Waals surface area contributed by atoms with E-state index in [0.717, 1.165) is 11.6 Å². The SMILES string of the molecule is CCS(=O)(=O)NC1CC(c2c(-c3ccc(F)cc3)[nH]c3c(F)cc(F)cc23)C1. The molecule has 0 aliphatic heterocycles. The minimum absolute atomic E-state index is 0.00148. The van der Waals surface area contributed by atoms with Crippen LogP contribution in [-0.4, -0.2) is 25.2 Å². The number of aromatic amines is 1. The van der Waals surface area contributed by atoms with E-state index in [0.29, 0.717) is 29.5 Å². The molecule has 0 unspecified atom stereocenters. The highest BCUT2D eigenvalue weighted by atomic mass is 32.2. The van der Waals surface area contributed by atoms with Crippen LogP contribution >= 0.6 is 0 Å². The van der Waals surface area contributed by atoms with Gasteiger partial charge in [0.1, 0.15) is 17.5 Å². The lowest BCUT2D eigenvalue weighted by atomic mass is 9.74. The van der Waals surface area contributed by atoms with Gasteiger partial charge in [0.2, 0.25) is 10.0 Å². The Hall–Kier alpha value is -2.32. The van der Waals surface area contributed by atoms with E-state index in [-0.39, 0.29) is 23.2 Å². The Morgan fingerprint density at radius 3 is 2.39 bits per heavy atom. The number of halogens is 3. The normalized spacial score (nSPS) is 19.7. The monoisotopic (exact) mass is 408 g/mol. The lowest BCUT2D eigenvalue weighted by molar-refractivity contribution is 0.328. The van der Waals surface area contributed by atoms with Gasteiger partial charge in [-0.3, -0.25) is 0 Å². The molecule has 2 N–H and O–H groups in total. The van der Waals surface area contributed by atoms with Gasteiger partial charge in [-0.25, -0.2) is 26.3 Å². The summed E-state index contributed by atoms with van der Waals surface area (Å²) in [4.78, 5) is 3.02. The number of sulfonamides is 1. The minimum atomic E-state index is -3.31. The molecular formula is C20H19F3N2O2S. The zero-order chi connectivity index (χ0) is 20.1. The van der Waals surface area contributed by atoms with Crippen molar-refractivity contribution in [1.29, 1.82) is 0 Å². The van der Waals surface area contributed by atoms with Crippen molar-refractivity contribution in [2.45, 2.75) is 31.7 Å². The van der Waals surface area contributed by atoms with Crippen LogP contribution in [0.4, 0.5) is 13.2 Å². The predicted octanol–water partition coefficient (Wildman–Crippen LogP) is 4.44. The van der Waals surface area contributed by atoms with Crippen LogP contribution in [0, 0.1) is 17.5 Å². The van der Waals surface area contributed by atoms with E-state index in [1.807, 2.05) is 0 Å². The molecule has 0 atom stereocenters. The first kappa shape index (κ1) is 19.0. The highest BCUT2D eigenvalue weighted by Crippen LogP contribution is 2.45. The Kier molecular flexibility index (Phi) is 4.71. The number of aromatic nitrogens is 1. The molecule has 4 rings (SSSR count). The van der Waals surface area contributed by atoms with Crippen molar-refractivity contribution in [3.63, 3.8) is 0 Å². The van der Waals surface area contributed by atoms with Crippen LogP contribution in [-0.2, 0) is 10.0 Å². The Labute approximate surface area is 160 Å². The molecule has 1 fully saturated rings. The summed E-state index contributed by atoms with van der Waals surface area (Å²) < 4.78 is 67.7. The molecule has 0 radical (unpaired) electrons. The Morgan fingerprint density at radius 2 is 1.75 bits per heavy atom. The zero-order valence-corrected chi connectivity index (χ0v) is 15.9. The molecule has 1 saturated carbocycles. The Balaban J connectivity index is 1.76. The van der Waals surface area contributed by atoms with E-state index in [4.69, 9.17) is 0 Å². The van der Waals surface area contributed by atoms with Crippen molar-refractivity contribution in [1.82, 2.24) is 9.71 Å². The molecule has 1 heterocycles. The second-order valence-corrected chi connectivity index (χ2v) is 9.16. The minimum Gasteiger partial charge on any atom is -0.352 e.